The van der Waals surface area contributed by atoms with E-state index in [1.807, 2.05) is 11.8 Å². The van der Waals surface area contributed by atoms with Crippen LogP contribution in [-0.2, 0) is 12.8 Å². The minimum Gasteiger partial charge on any atom is -0.395 e. The van der Waals surface area contributed by atoms with Gasteiger partial charge in [-0.25, -0.2) is 0 Å². The molecule has 0 saturated carbocycles. The number of benzene rings is 1. The number of nitrogens with two attached hydrogens (primary N) is 1. The van der Waals surface area contributed by atoms with Crippen LogP contribution in [0.25, 0.3) is 0 Å². The molecule has 2 rings (SSSR count). The standard InChI is InChI=1S/C13H19NOS/c14-12(9-15)6-7-16-13-5-4-10-2-1-3-11(10)8-13/h4-5,8,12,15H,1-3,6-7,9,14H2. The molecule has 1 aromatic rings. The van der Waals surface area contributed by atoms with Crippen LogP contribution in [0.5, 0.6) is 0 Å². The fraction of sp³-hybridized carbons (Fsp3) is 0.538. The molecule has 0 amide bonds. The summed E-state index contributed by atoms with van der Waals surface area (Å²) in [6, 6.07) is 6.72. The highest BCUT2D eigenvalue weighted by Gasteiger charge is 2.10. The van der Waals surface area contributed by atoms with Gasteiger partial charge >= 0.3 is 0 Å². The zero-order valence-electron chi connectivity index (χ0n) is 9.48. The Morgan fingerprint density at radius 3 is 2.94 bits per heavy atom. The highest BCUT2D eigenvalue weighted by Crippen LogP contribution is 2.27. The number of aryl methyl sites for hydroxylation is 2. The Morgan fingerprint density at radius 1 is 1.31 bits per heavy atom. The van der Waals surface area contributed by atoms with E-state index in [0.717, 1.165) is 12.2 Å². The molecule has 88 valence electrons. The monoisotopic (exact) mass is 237 g/mol. The molecule has 3 heteroatoms. The van der Waals surface area contributed by atoms with Crippen molar-refractivity contribution in [3.8, 4) is 0 Å². The van der Waals surface area contributed by atoms with E-state index in [2.05, 4.69) is 18.2 Å². The summed E-state index contributed by atoms with van der Waals surface area (Å²) >= 11 is 1.84. The first-order chi connectivity index (χ1) is 7.79. The van der Waals surface area contributed by atoms with Crippen molar-refractivity contribution < 1.29 is 5.11 Å². The molecule has 2 nitrogen and oxygen atoms in total. The second kappa shape index (κ2) is 5.71. The van der Waals surface area contributed by atoms with Crippen LogP contribution in [-0.4, -0.2) is 23.5 Å². The van der Waals surface area contributed by atoms with Gasteiger partial charge in [0.05, 0.1) is 6.61 Å². The number of aliphatic hydroxyl groups is 1. The Balaban J connectivity index is 1.86. The summed E-state index contributed by atoms with van der Waals surface area (Å²) in [5, 5.41) is 8.82. The van der Waals surface area contributed by atoms with Crippen LogP contribution in [0, 0.1) is 0 Å². The topological polar surface area (TPSA) is 46.2 Å². The van der Waals surface area contributed by atoms with Crippen molar-refractivity contribution in [3.05, 3.63) is 29.3 Å². The van der Waals surface area contributed by atoms with Gasteiger partial charge in [0.25, 0.3) is 0 Å². The van der Waals surface area contributed by atoms with Crippen molar-refractivity contribution in [1.29, 1.82) is 0 Å². The molecule has 0 heterocycles. The maximum atomic E-state index is 8.82. The average molecular weight is 237 g/mol. The second-order valence-corrected chi connectivity index (χ2v) is 5.53. The molecular weight excluding hydrogens is 218 g/mol. The third kappa shape index (κ3) is 3.00. The lowest BCUT2D eigenvalue weighted by Crippen LogP contribution is -2.24. The second-order valence-electron chi connectivity index (χ2n) is 4.36. The van der Waals surface area contributed by atoms with E-state index in [1.54, 1.807) is 0 Å². The average Bonchev–Trinajstić information content (AvgIpc) is 2.76. The fourth-order valence-corrected chi connectivity index (χ4v) is 3.10. The summed E-state index contributed by atoms with van der Waals surface area (Å²) in [6.45, 7) is 0.0880. The van der Waals surface area contributed by atoms with Gasteiger partial charge in [0.15, 0.2) is 0 Å². The number of rotatable bonds is 5. The van der Waals surface area contributed by atoms with Crippen molar-refractivity contribution in [2.45, 2.75) is 36.6 Å². The van der Waals surface area contributed by atoms with E-state index in [4.69, 9.17) is 10.8 Å². The van der Waals surface area contributed by atoms with Crippen molar-refractivity contribution in [2.75, 3.05) is 12.4 Å². The molecular formula is C13H19NOS. The fourth-order valence-electron chi connectivity index (χ4n) is 2.06. The van der Waals surface area contributed by atoms with Gasteiger partial charge in [0, 0.05) is 10.9 Å². The van der Waals surface area contributed by atoms with Crippen molar-refractivity contribution in [1.82, 2.24) is 0 Å². The Morgan fingerprint density at radius 2 is 2.12 bits per heavy atom. The Hall–Kier alpha value is -0.510. The summed E-state index contributed by atoms with van der Waals surface area (Å²) < 4.78 is 0. The molecule has 0 aliphatic heterocycles. The quantitative estimate of drug-likeness (QED) is 0.770. The summed E-state index contributed by atoms with van der Waals surface area (Å²) in [5.41, 5.74) is 8.71. The predicted molar refractivity (Wildman–Crippen MR) is 68.9 cm³/mol. The van der Waals surface area contributed by atoms with E-state index >= 15 is 0 Å². The number of aliphatic hydroxyl groups excluding tert-OH is 1. The molecule has 16 heavy (non-hydrogen) atoms. The highest BCUT2D eigenvalue weighted by molar-refractivity contribution is 7.99. The van der Waals surface area contributed by atoms with Crippen LogP contribution in [0.15, 0.2) is 23.1 Å². The summed E-state index contributed by atoms with van der Waals surface area (Å²) in [4.78, 5) is 1.34. The predicted octanol–water partition coefficient (Wildman–Crippen LogP) is 1.98. The molecule has 0 spiro atoms. The number of thioether (sulfide) groups is 1. The molecule has 0 aromatic heterocycles. The van der Waals surface area contributed by atoms with Crippen LogP contribution in [0.4, 0.5) is 0 Å². The molecule has 0 radical (unpaired) electrons. The van der Waals surface area contributed by atoms with Crippen molar-refractivity contribution >= 4 is 11.8 Å². The van der Waals surface area contributed by atoms with Crippen molar-refractivity contribution in [3.63, 3.8) is 0 Å². The number of fused-ring (bicyclic) bond motifs is 1. The maximum absolute atomic E-state index is 8.82. The minimum atomic E-state index is -0.0677. The number of hydrogen-bond donors (Lipinski definition) is 2. The lowest BCUT2D eigenvalue weighted by Gasteiger charge is -2.08. The lowest BCUT2D eigenvalue weighted by atomic mass is 10.1. The maximum Gasteiger partial charge on any atom is 0.0582 e. The smallest absolute Gasteiger partial charge is 0.0582 e. The van der Waals surface area contributed by atoms with Gasteiger partial charge in [-0.15, -0.1) is 11.8 Å². The normalized spacial score (nSPS) is 16.1. The van der Waals surface area contributed by atoms with Crippen LogP contribution in [0.2, 0.25) is 0 Å². The largest absolute Gasteiger partial charge is 0.395 e. The third-order valence-corrected chi connectivity index (χ3v) is 4.09. The molecule has 0 fully saturated rings. The Labute approximate surface area is 101 Å². The SMILES string of the molecule is NC(CO)CCSc1ccc2c(c1)CCC2. The summed E-state index contributed by atoms with van der Waals surface area (Å²) in [5.74, 6) is 0.987. The minimum absolute atomic E-state index is 0.0677. The third-order valence-electron chi connectivity index (χ3n) is 3.06. The zero-order valence-corrected chi connectivity index (χ0v) is 10.3. The molecule has 1 aliphatic rings. The first-order valence-electron chi connectivity index (χ1n) is 5.90. The molecule has 1 aliphatic carbocycles. The van der Waals surface area contributed by atoms with Crippen LogP contribution < -0.4 is 5.73 Å². The molecule has 1 aromatic carbocycles. The van der Waals surface area contributed by atoms with Gasteiger partial charge < -0.3 is 10.8 Å². The zero-order chi connectivity index (χ0) is 11.4. The van der Waals surface area contributed by atoms with Crippen LogP contribution in [0.3, 0.4) is 0 Å². The van der Waals surface area contributed by atoms with Gasteiger partial charge in [0.1, 0.15) is 0 Å². The summed E-state index contributed by atoms with van der Waals surface area (Å²) in [6.07, 6.45) is 4.66. The number of hydrogen-bond acceptors (Lipinski definition) is 3. The summed E-state index contributed by atoms with van der Waals surface area (Å²) in [7, 11) is 0. The first-order valence-corrected chi connectivity index (χ1v) is 6.89. The van der Waals surface area contributed by atoms with Crippen LogP contribution in [0.1, 0.15) is 24.0 Å². The van der Waals surface area contributed by atoms with Gasteiger partial charge in [-0.1, -0.05) is 6.07 Å². The van der Waals surface area contributed by atoms with Gasteiger partial charge in [0.2, 0.25) is 0 Å². The van der Waals surface area contributed by atoms with Crippen LogP contribution >= 0.6 is 11.8 Å². The Kier molecular flexibility index (Phi) is 4.27. The molecule has 0 saturated heterocycles. The van der Waals surface area contributed by atoms with Gasteiger partial charge in [-0.2, -0.15) is 0 Å². The van der Waals surface area contributed by atoms with E-state index in [9.17, 15) is 0 Å². The molecule has 3 N–H and O–H groups in total. The molecule has 0 bridgehead atoms. The van der Waals surface area contributed by atoms with E-state index < -0.39 is 0 Å². The van der Waals surface area contributed by atoms with Gasteiger partial charge in [-0.3, -0.25) is 0 Å². The first kappa shape index (κ1) is 12.0. The van der Waals surface area contributed by atoms with Gasteiger partial charge in [-0.05, 0) is 54.7 Å². The molecule has 1 atom stereocenters. The van der Waals surface area contributed by atoms with Crippen molar-refractivity contribution in [2.24, 2.45) is 5.73 Å². The highest BCUT2D eigenvalue weighted by atomic mass is 32.2. The van der Waals surface area contributed by atoms with E-state index in [0.29, 0.717) is 0 Å². The van der Waals surface area contributed by atoms with E-state index in [1.165, 1.54) is 35.3 Å². The Bertz CT molecular complexity index is 354. The lowest BCUT2D eigenvalue weighted by molar-refractivity contribution is 0.264. The molecule has 1 unspecified atom stereocenters. The van der Waals surface area contributed by atoms with E-state index in [-0.39, 0.29) is 12.6 Å².